The van der Waals surface area contributed by atoms with Crippen molar-refractivity contribution < 1.29 is 19.1 Å². The van der Waals surface area contributed by atoms with E-state index < -0.39 is 0 Å². The standard InChI is InChI=1S/C26H27N3O4/c30-25(29-23-14-6-7-15-24(23)33-19-9-2-1-3-10-19)18-27-22-13-5-4-12-21(22)26(31)28-17-20-11-8-16-32-20/h1-7,9-10,12-15,20,27H,8,11,16-18H2,(H,28,31)(H,29,30). The Labute approximate surface area is 193 Å². The number of benzene rings is 3. The van der Waals surface area contributed by atoms with Gasteiger partial charge < -0.3 is 25.4 Å². The van der Waals surface area contributed by atoms with Crippen LogP contribution in [0.4, 0.5) is 11.4 Å². The average Bonchev–Trinajstić information content (AvgIpc) is 3.37. The van der Waals surface area contributed by atoms with E-state index in [0.717, 1.165) is 19.4 Å². The number of hydrogen-bond acceptors (Lipinski definition) is 5. The summed E-state index contributed by atoms with van der Waals surface area (Å²) in [6, 6.07) is 23.7. The van der Waals surface area contributed by atoms with Crippen molar-refractivity contribution in [2.45, 2.75) is 18.9 Å². The van der Waals surface area contributed by atoms with Gasteiger partial charge in [-0.15, -0.1) is 0 Å². The highest BCUT2D eigenvalue weighted by Gasteiger charge is 2.18. The Bertz CT molecular complexity index is 1080. The van der Waals surface area contributed by atoms with E-state index in [1.54, 1.807) is 30.3 Å². The van der Waals surface area contributed by atoms with Crippen LogP contribution in [-0.4, -0.2) is 37.6 Å². The van der Waals surface area contributed by atoms with Gasteiger partial charge in [0.15, 0.2) is 5.75 Å². The third-order valence-electron chi connectivity index (χ3n) is 5.26. The van der Waals surface area contributed by atoms with Gasteiger partial charge in [-0.3, -0.25) is 9.59 Å². The zero-order valence-corrected chi connectivity index (χ0v) is 18.3. The van der Waals surface area contributed by atoms with Crippen LogP contribution in [0.3, 0.4) is 0 Å². The molecule has 1 aliphatic rings. The normalized spacial score (nSPS) is 15.0. The van der Waals surface area contributed by atoms with Gasteiger partial charge in [-0.1, -0.05) is 42.5 Å². The second kappa shape index (κ2) is 11.2. The molecule has 0 radical (unpaired) electrons. The highest BCUT2D eigenvalue weighted by molar-refractivity contribution is 6.01. The van der Waals surface area contributed by atoms with Gasteiger partial charge in [-0.25, -0.2) is 0 Å². The van der Waals surface area contributed by atoms with Gasteiger partial charge >= 0.3 is 0 Å². The number of hydrogen-bond donors (Lipinski definition) is 3. The molecule has 33 heavy (non-hydrogen) atoms. The van der Waals surface area contributed by atoms with Crippen LogP contribution in [0.15, 0.2) is 78.9 Å². The van der Waals surface area contributed by atoms with Gasteiger partial charge in [0.1, 0.15) is 5.75 Å². The van der Waals surface area contributed by atoms with Gasteiger partial charge in [-0.2, -0.15) is 0 Å². The first-order chi connectivity index (χ1) is 16.2. The second-order valence-electron chi connectivity index (χ2n) is 7.70. The predicted molar refractivity (Wildman–Crippen MR) is 128 cm³/mol. The zero-order valence-electron chi connectivity index (χ0n) is 18.3. The number of rotatable bonds is 9. The largest absolute Gasteiger partial charge is 0.455 e. The molecule has 1 unspecified atom stereocenters. The first kappa shape index (κ1) is 22.4. The van der Waals surface area contributed by atoms with E-state index in [1.807, 2.05) is 48.5 Å². The van der Waals surface area contributed by atoms with Crippen LogP contribution < -0.4 is 20.7 Å². The molecule has 0 aliphatic carbocycles. The SMILES string of the molecule is O=C(CNc1ccccc1C(=O)NCC1CCCO1)Nc1ccccc1Oc1ccccc1. The topological polar surface area (TPSA) is 88.7 Å². The minimum absolute atomic E-state index is 0.00427. The Morgan fingerprint density at radius 1 is 0.909 bits per heavy atom. The lowest BCUT2D eigenvalue weighted by molar-refractivity contribution is -0.114. The Hall–Kier alpha value is -3.84. The Balaban J connectivity index is 1.35. The number of nitrogens with one attached hydrogen (secondary N) is 3. The van der Waals surface area contributed by atoms with E-state index in [0.29, 0.717) is 35.0 Å². The first-order valence-corrected chi connectivity index (χ1v) is 11.0. The van der Waals surface area contributed by atoms with Crippen LogP contribution >= 0.6 is 0 Å². The van der Waals surface area contributed by atoms with Crippen LogP contribution in [0.5, 0.6) is 11.5 Å². The number of carbonyl (C=O) groups excluding carboxylic acids is 2. The summed E-state index contributed by atoms with van der Waals surface area (Å²) >= 11 is 0. The summed E-state index contributed by atoms with van der Waals surface area (Å²) in [5, 5.41) is 8.85. The van der Waals surface area contributed by atoms with Crippen molar-refractivity contribution in [3.63, 3.8) is 0 Å². The predicted octanol–water partition coefficient (Wildman–Crippen LogP) is 4.44. The molecule has 3 aromatic carbocycles. The third kappa shape index (κ3) is 6.33. The van der Waals surface area contributed by atoms with Crippen LogP contribution in [-0.2, 0) is 9.53 Å². The fourth-order valence-corrected chi connectivity index (χ4v) is 3.59. The van der Waals surface area contributed by atoms with Crippen LogP contribution in [0.1, 0.15) is 23.2 Å². The van der Waals surface area contributed by atoms with E-state index in [-0.39, 0.29) is 24.5 Å². The number of para-hydroxylation sites is 4. The van der Waals surface area contributed by atoms with Gasteiger partial charge in [0.05, 0.1) is 23.9 Å². The lowest BCUT2D eigenvalue weighted by atomic mass is 10.1. The molecule has 1 saturated heterocycles. The molecule has 0 saturated carbocycles. The molecule has 0 bridgehead atoms. The Morgan fingerprint density at radius 2 is 1.64 bits per heavy atom. The van der Waals surface area contributed by atoms with Crippen molar-refractivity contribution in [1.29, 1.82) is 0 Å². The van der Waals surface area contributed by atoms with Gasteiger partial charge in [0, 0.05) is 18.8 Å². The van der Waals surface area contributed by atoms with E-state index >= 15 is 0 Å². The van der Waals surface area contributed by atoms with Crippen LogP contribution in [0.25, 0.3) is 0 Å². The van der Waals surface area contributed by atoms with Crippen LogP contribution in [0, 0.1) is 0 Å². The van der Waals surface area contributed by atoms with E-state index in [2.05, 4.69) is 16.0 Å². The minimum Gasteiger partial charge on any atom is -0.455 e. The second-order valence-corrected chi connectivity index (χ2v) is 7.70. The average molecular weight is 446 g/mol. The lowest BCUT2D eigenvalue weighted by Crippen LogP contribution is -2.32. The molecule has 4 rings (SSSR count). The highest BCUT2D eigenvalue weighted by atomic mass is 16.5. The molecule has 7 nitrogen and oxygen atoms in total. The van der Waals surface area contributed by atoms with Gasteiger partial charge in [0.2, 0.25) is 5.91 Å². The Kier molecular flexibility index (Phi) is 7.56. The lowest BCUT2D eigenvalue weighted by Gasteiger charge is -2.15. The van der Waals surface area contributed by atoms with Crippen molar-refractivity contribution in [3.05, 3.63) is 84.4 Å². The molecule has 3 N–H and O–H groups in total. The first-order valence-electron chi connectivity index (χ1n) is 11.0. The molecular formula is C26H27N3O4. The van der Waals surface area contributed by atoms with Crippen LogP contribution in [0.2, 0.25) is 0 Å². The van der Waals surface area contributed by atoms with Crippen molar-refractivity contribution in [3.8, 4) is 11.5 Å². The molecule has 7 heteroatoms. The monoisotopic (exact) mass is 445 g/mol. The van der Waals surface area contributed by atoms with Crippen molar-refractivity contribution in [2.24, 2.45) is 0 Å². The maximum atomic E-state index is 12.7. The van der Waals surface area contributed by atoms with Crippen molar-refractivity contribution in [1.82, 2.24) is 5.32 Å². The molecule has 1 fully saturated rings. The van der Waals surface area contributed by atoms with Gasteiger partial charge in [0.25, 0.3) is 5.91 Å². The van der Waals surface area contributed by atoms with E-state index in [4.69, 9.17) is 9.47 Å². The van der Waals surface area contributed by atoms with Crippen molar-refractivity contribution in [2.75, 3.05) is 30.3 Å². The Morgan fingerprint density at radius 3 is 2.42 bits per heavy atom. The molecule has 0 aromatic heterocycles. The number of amides is 2. The number of ether oxygens (including phenoxy) is 2. The molecule has 2 amide bonds. The summed E-state index contributed by atoms with van der Waals surface area (Å²) in [6.07, 6.45) is 2.04. The quantitative estimate of drug-likeness (QED) is 0.453. The summed E-state index contributed by atoms with van der Waals surface area (Å²) in [5.41, 5.74) is 1.64. The van der Waals surface area contributed by atoms with E-state index in [9.17, 15) is 9.59 Å². The molecule has 0 spiro atoms. The summed E-state index contributed by atoms with van der Waals surface area (Å²) < 4.78 is 11.5. The molecular weight excluding hydrogens is 418 g/mol. The summed E-state index contributed by atoms with van der Waals surface area (Å²) in [6.45, 7) is 1.22. The van der Waals surface area contributed by atoms with Gasteiger partial charge in [-0.05, 0) is 49.2 Å². The summed E-state index contributed by atoms with van der Waals surface area (Å²) in [5.74, 6) is 0.774. The number of carbonyl (C=O) groups is 2. The van der Waals surface area contributed by atoms with E-state index in [1.165, 1.54) is 0 Å². The fourth-order valence-electron chi connectivity index (χ4n) is 3.59. The third-order valence-corrected chi connectivity index (χ3v) is 5.26. The van der Waals surface area contributed by atoms with Crippen molar-refractivity contribution >= 4 is 23.2 Å². The maximum absolute atomic E-state index is 12.7. The zero-order chi connectivity index (χ0) is 22.9. The molecule has 1 atom stereocenters. The molecule has 1 heterocycles. The fraction of sp³-hybridized carbons (Fsp3) is 0.231. The molecule has 3 aromatic rings. The summed E-state index contributed by atoms with van der Waals surface area (Å²) in [4.78, 5) is 25.3. The minimum atomic E-state index is -0.256. The number of anilines is 2. The summed E-state index contributed by atoms with van der Waals surface area (Å²) in [7, 11) is 0. The molecule has 170 valence electrons. The highest BCUT2D eigenvalue weighted by Crippen LogP contribution is 2.29. The maximum Gasteiger partial charge on any atom is 0.253 e. The smallest absolute Gasteiger partial charge is 0.253 e. The molecule has 1 aliphatic heterocycles.